The van der Waals surface area contributed by atoms with Crippen molar-refractivity contribution in [2.45, 2.75) is 44.3 Å². The molecule has 2 aromatic carbocycles. The fourth-order valence-electron chi connectivity index (χ4n) is 4.58. The van der Waals surface area contributed by atoms with Gasteiger partial charge in [0.2, 0.25) is 5.95 Å². The van der Waals surface area contributed by atoms with Crippen LogP contribution in [0.4, 0.5) is 11.8 Å². The zero-order valence-corrected chi connectivity index (χ0v) is 19.0. The molecule has 4 aromatic rings. The van der Waals surface area contributed by atoms with Gasteiger partial charge in [0.05, 0.1) is 17.2 Å². The summed E-state index contributed by atoms with van der Waals surface area (Å²) in [5.74, 6) is 1.61. The quantitative estimate of drug-likeness (QED) is 0.459. The Labute approximate surface area is 192 Å². The van der Waals surface area contributed by atoms with Gasteiger partial charge in [0.15, 0.2) is 5.43 Å². The van der Waals surface area contributed by atoms with Crippen LogP contribution in [0.3, 0.4) is 0 Å². The zero-order chi connectivity index (χ0) is 22.8. The van der Waals surface area contributed by atoms with Gasteiger partial charge in [0.25, 0.3) is 0 Å². The first-order chi connectivity index (χ1) is 16.1. The highest BCUT2D eigenvalue weighted by Crippen LogP contribution is 2.26. The third kappa shape index (κ3) is 4.54. The lowest BCUT2D eigenvalue weighted by molar-refractivity contribution is 0.351. The largest absolute Gasteiger partial charge is 0.464 e. The van der Waals surface area contributed by atoms with Crippen molar-refractivity contribution in [3.63, 3.8) is 0 Å². The van der Waals surface area contributed by atoms with Crippen LogP contribution in [0.2, 0.25) is 0 Å². The van der Waals surface area contributed by atoms with Gasteiger partial charge < -0.3 is 20.0 Å². The second-order valence-corrected chi connectivity index (χ2v) is 8.94. The SMILES string of the molecule is CN(C)c1nc(N[C@H]2CC[C@@H](NCc3coc4ccccc4c3=O)CC2)nc2ccccc12. The van der Waals surface area contributed by atoms with Crippen LogP contribution in [0.25, 0.3) is 21.9 Å². The number of hydrogen-bond acceptors (Lipinski definition) is 7. The average molecular weight is 444 g/mol. The molecule has 5 rings (SSSR count). The summed E-state index contributed by atoms with van der Waals surface area (Å²) >= 11 is 0. The lowest BCUT2D eigenvalue weighted by Crippen LogP contribution is -2.37. The molecule has 2 aromatic heterocycles. The number of rotatable bonds is 6. The molecule has 0 unspecified atom stereocenters. The van der Waals surface area contributed by atoms with Crippen molar-refractivity contribution >= 4 is 33.6 Å². The molecule has 1 aliphatic rings. The van der Waals surface area contributed by atoms with E-state index in [4.69, 9.17) is 14.4 Å². The molecule has 7 heteroatoms. The molecule has 1 aliphatic carbocycles. The summed E-state index contributed by atoms with van der Waals surface area (Å²) in [6.45, 7) is 0.524. The van der Waals surface area contributed by atoms with Crippen LogP contribution < -0.4 is 21.0 Å². The molecule has 0 amide bonds. The number of para-hydroxylation sites is 2. The molecule has 0 atom stereocenters. The smallest absolute Gasteiger partial charge is 0.225 e. The number of nitrogens with zero attached hydrogens (tertiary/aromatic N) is 3. The predicted octanol–water partition coefficient (Wildman–Crippen LogP) is 4.32. The predicted molar refractivity (Wildman–Crippen MR) is 133 cm³/mol. The molecule has 33 heavy (non-hydrogen) atoms. The zero-order valence-electron chi connectivity index (χ0n) is 19.0. The number of anilines is 2. The molecule has 0 bridgehead atoms. The van der Waals surface area contributed by atoms with Gasteiger partial charge in [-0.2, -0.15) is 4.98 Å². The molecule has 2 heterocycles. The minimum Gasteiger partial charge on any atom is -0.464 e. The van der Waals surface area contributed by atoms with Crippen LogP contribution >= 0.6 is 0 Å². The molecule has 1 fully saturated rings. The molecule has 0 aliphatic heterocycles. The van der Waals surface area contributed by atoms with Crippen molar-refractivity contribution in [1.82, 2.24) is 15.3 Å². The number of aromatic nitrogens is 2. The first-order valence-corrected chi connectivity index (χ1v) is 11.5. The maximum Gasteiger partial charge on any atom is 0.225 e. The van der Waals surface area contributed by atoms with Gasteiger partial charge in [-0.05, 0) is 49.9 Å². The van der Waals surface area contributed by atoms with Crippen LogP contribution in [0, 0.1) is 0 Å². The van der Waals surface area contributed by atoms with Gasteiger partial charge in [0, 0.05) is 43.7 Å². The summed E-state index contributed by atoms with van der Waals surface area (Å²) in [6, 6.07) is 16.2. The molecule has 7 nitrogen and oxygen atoms in total. The van der Waals surface area contributed by atoms with E-state index in [1.807, 2.05) is 61.5 Å². The van der Waals surface area contributed by atoms with Crippen molar-refractivity contribution < 1.29 is 4.42 Å². The van der Waals surface area contributed by atoms with Gasteiger partial charge in [-0.25, -0.2) is 4.98 Å². The molecule has 170 valence electrons. The summed E-state index contributed by atoms with van der Waals surface area (Å²) < 4.78 is 5.64. The van der Waals surface area contributed by atoms with Crippen molar-refractivity contribution in [2.75, 3.05) is 24.3 Å². The van der Waals surface area contributed by atoms with E-state index in [2.05, 4.69) is 16.7 Å². The number of nitrogens with one attached hydrogen (secondary N) is 2. The highest BCUT2D eigenvalue weighted by molar-refractivity contribution is 5.90. The Balaban J connectivity index is 1.20. The van der Waals surface area contributed by atoms with Crippen LogP contribution in [0.15, 0.2) is 64.0 Å². The van der Waals surface area contributed by atoms with Crippen molar-refractivity contribution in [3.05, 3.63) is 70.6 Å². The molecule has 2 N–H and O–H groups in total. The monoisotopic (exact) mass is 443 g/mol. The fraction of sp³-hybridized carbons (Fsp3) is 0.346. The third-order valence-corrected chi connectivity index (χ3v) is 6.40. The Morgan fingerprint density at radius 1 is 0.939 bits per heavy atom. The number of hydrogen-bond donors (Lipinski definition) is 2. The van der Waals surface area contributed by atoms with Crippen molar-refractivity contribution in [3.8, 4) is 0 Å². The standard InChI is InChI=1S/C26H29N5O2/c1-31(2)25-20-7-3-5-9-22(20)29-26(30-25)28-19-13-11-18(12-14-19)27-15-17-16-33-23-10-6-4-8-21(23)24(17)32/h3-10,16,18-19,27H,11-15H2,1-2H3,(H,28,29,30)/t18-,19+. The van der Waals surface area contributed by atoms with Crippen LogP contribution in [-0.4, -0.2) is 36.1 Å². The first kappa shape index (κ1) is 21.4. The Morgan fingerprint density at radius 3 is 2.42 bits per heavy atom. The molecular formula is C26H29N5O2. The number of fused-ring (bicyclic) bond motifs is 2. The van der Waals surface area contributed by atoms with E-state index < -0.39 is 0 Å². The minimum atomic E-state index is 0.0462. The second kappa shape index (κ2) is 9.19. The maximum atomic E-state index is 12.7. The van der Waals surface area contributed by atoms with E-state index in [0.717, 1.165) is 42.4 Å². The van der Waals surface area contributed by atoms with E-state index >= 15 is 0 Å². The van der Waals surface area contributed by atoms with Crippen molar-refractivity contribution in [1.29, 1.82) is 0 Å². The van der Waals surface area contributed by atoms with Gasteiger partial charge in [-0.15, -0.1) is 0 Å². The highest BCUT2D eigenvalue weighted by atomic mass is 16.3. The van der Waals surface area contributed by atoms with E-state index in [9.17, 15) is 4.79 Å². The van der Waals surface area contributed by atoms with Crippen LogP contribution in [0.1, 0.15) is 31.2 Å². The summed E-state index contributed by atoms with van der Waals surface area (Å²) in [7, 11) is 4.01. The molecule has 0 spiro atoms. The Morgan fingerprint density at radius 2 is 1.64 bits per heavy atom. The second-order valence-electron chi connectivity index (χ2n) is 8.94. The Hall–Kier alpha value is -3.45. The Bertz CT molecular complexity index is 1330. The summed E-state index contributed by atoms with van der Waals surface area (Å²) in [5.41, 5.74) is 2.30. The molecule has 1 saturated carbocycles. The van der Waals surface area contributed by atoms with Crippen LogP contribution in [0.5, 0.6) is 0 Å². The third-order valence-electron chi connectivity index (χ3n) is 6.40. The molecule has 0 radical (unpaired) electrons. The van der Waals surface area contributed by atoms with E-state index in [-0.39, 0.29) is 5.43 Å². The van der Waals surface area contributed by atoms with E-state index in [1.165, 1.54) is 0 Å². The summed E-state index contributed by atoms with van der Waals surface area (Å²) in [6.07, 6.45) is 5.70. The van der Waals surface area contributed by atoms with Crippen molar-refractivity contribution in [2.24, 2.45) is 0 Å². The molecular weight excluding hydrogens is 414 g/mol. The summed E-state index contributed by atoms with van der Waals surface area (Å²) in [4.78, 5) is 24.2. The average Bonchev–Trinajstić information content (AvgIpc) is 2.84. The maximum absolute atomic E-state index is 12.7. The Kier molecular flexibility index (Phi) is 5.96. The topological polar surface area (TPSA) is 83.3 Å². The lowest BCUT2D eigenvalue weighted by atomic mass is 9.91. The first-order valence-electron chi connectivity index (χ1n) is 11.5. The van der Waals surface area contributed by atoms with Gasteiger partial charge in [-0.3, -0.25) is 4.79 Å². The normalized spacial score (nSPS) is 18.5. The van der Waals surface area contributed by atoms with E-state index in [1.54, 1.807) is 6.26 Å². The summed E-state index contributed by atoms with van der Waals surface area (Å²) in [5, 5.41) is 8.79. The van der Waals surface area contributed by atoms with Gasteiger partial charge in [-0.1, -0.05) is 24.3 Å². The van der Waals surface area contributed by atoms with Crippen LogP contribution in [-0.2, 0) is 6.54 Å². The van der Waals surface area contributed by atoms with Gasteiger partial charge in [0.1, 0.15) is 11.4 Å². The highest BCUT2D eigenvalue weighted by Gasteiger charge is 2.22. The number of benzene rings is 2. The minimum absolute atomic E-state index is 0.0462. The van der Waals surface area contributed by atoms with Gasteiger partial charge >= 0.3 is 0 Å². The molecule has 0 saturated heterocycles. The fourth-order valence-corrected chi connectivity index (χ4v) is 4.58. The lowest BCUT2D eigenvalue weighted by Gasteiger charge is -2.30. The van der Waals surface area contributed by atoms with E-state index in [0.29, 0.717) is 41.1 Å².